The molecule has 0 saturated heterocycles. The molecular formula is C14H9NO4. The predicted octanol–water partition coefficient (Wildman–Crippen LogP) is 2.11. The first kappa shape index (κ1) is 11.4. The average molecular weight is 255 g/mol. The topological polar surface area (TPSA) is 65.5 Å². The molecule has 0 aliphatic carbocycles. The minimum atomic E-state index is -1.00. The van der Waals surface area contributed by atoms with E-state index in [0.29, 0.717) is 11.1 Å². The van der Waals surface area contributed by atoms with E-state index in [4.69, 9.17) is 9.47 Å². The number of hydrogen-bond acceptors (Lipinski definition) is 5. The Bertz CT molecular complexity index is 639. The van der Waals surface area contributed by atoms with E-state index in [-0.39, 0.29) is 5.69 Å². The summed E-state index contributed by atoms with van der Waals surface area (Å²) in [7, 11) is 0. The highest BCUT2D eigenvalue weighted by atomic mass is 16.7. The lowest BCUT2D eigenvalue weighted by molar-refractivity contribution is -0.0727. The molecule has 2 heterocycles. The zero-order chi connectivity index (χ0) is 13.2. The second kappa shape index (κ2) is 4.53. The van der Waals surface area contributed by atoms with Crippen LogP contribution in [0.15, 0.2) is 48.7 Å². The number of ether oxygens (including phenoxy) is 2. The average Bonchev–Trinajstić information content (AvgIpc) is 2.77. The van der Waals surface area contributed by atoms with E-state index < -0.39 is 18.2 Å². The van der Waals surface area contributed by atoms with Crippen LogP contribution in [0.2, 0.25) is 0 Å². The van der Waals surface area contributed by atoms with Crippen molar-refractivity contribution in [2.24, 2.45) is 0 Å². The Labute approximate surface area is 108 Å². The zero-order valence-electron chi connectivity index (χ0n) is 9.78. The monoisotopic (exact) mass is 255 g/mol. The quantitative estimate of drug-likeness (QED) is 0.769. The molecule has 1 aliphatic rings. The number of rotatable bonds is 2. The number of nitrogens with zero attached hydrogens (tertiary/aromatic N) is 1. The lowest BCUT2D eigenvalue weighted by Gasteiger charge is -2.11. The highest BCUT2D eigenvalue weighted by Crippen LogP contribution is 2.31. The van der Waals surface area contributed by atoms with Gasteiger partial charge in [-0.1, -0.05) is 24.3 Å². The highest BCUT2D eigenvalue weighted by molar-refractivity contribution is 5.94. The largest absolute Gasteiger partial charge is 0.417 e. The van der Waals surface area contributed by atoms with Crippen molar-refractivity contribution in [2.45, 2.75) is 6.29 Å². The normalized spacial score (nSPS) is 16.6. The number of benzene rings is 1. The lowest BCUT2D eigenvalue weighted by Crippen LogP contribution is -2.12. The summed E-state index contributed by atoms with van der Waals surface area (Å²) in [6, 6.07) is 11.7. The number of carbonyl (C=O) groups is 2. The second-order valence-electron chi connectivity index (χ2n) is 3.94. The van der Waals surface area contributed by atoms with Crippen LogP contribution in [-0.4, -0.2) is 16.9 Å². The third kappa shape index (κ3) is 2.06. The van der Waals surface area contributed by atoms with Gasteiger partial charge in [0, 0.05) is 11.8 Å². The van der Waals surface area contributed by atoms with Gasteiger partial charge in [0.25, 0.3) is 6.29 Å². The molecule has 2 aromatic rings. The Morgan fingerprint density at radius 3 is 2.74 bits per heavy atom. The molecule has 19 heavy (non-hydrogen) atoms. The van der Waals surface area contributed by atoms with Crippen LogP contribution < -0.4 is 0 Å². The van der Waals surface area contributed by atoms with Crippen LogP contribution in [0.3, 0.4) is 0 Å². The molecule has 1 aliphatic heterocycles. The van der Waals surface area contributed by atoms with Crippen molar-refractivity contribution in [2.75, 3.05) is 0 Å². The Hall–Kier alpha value is -2.69. The molecule has 0 radical (unpaired) electrons. The van der Waals surface area contributed by atoms with Crippen molar-refractivity contribution in [1.82, 2.24) is 4.98 Å². The number of pyridine rings is 1. The van der Waals surface area contributed by atoms with Crippen LogP contribution in [0.25, 0.3) is 0 Å². The number of carbonyl (C=O) groups excluding carboxylic acids is 2. The van der Waals surface area contributed by atoms with Crippen molar-refractivity contribution >= 4 is 11.9 Å². The predicted molar refractivity (Wildman–Crippen MR) is 64.3 cm³/mol. The maximum absolute atomic E-state index is 11.8. The van der Waals surface area contributed by atoms with Gasteiger partial charge in [0.15, 0.2) is 0 Å². The molecule has 0 N–H and O–H groups in total. The molecule has 5 heteroatoms. The second-order valence-corrected chi connectivity index (χ2v) is 3.94. The molecule has 5 nitrogen and oxygen atoms in total. The third-order valence-electron chi connectivity index (χ3n) is 2.74. The Morgan fingerprint density at radius 2 is 1.95 bits per heavy atom. The maximum Gasteiger partial charge on any atom is 0.360 e. The summed E-state index contributed by atoms with van der Waals surface area (Å²) in [5, 5.41) is 0. The fourth-order valence-electron chi connectivity index (χ4n) is 1.84. The maximum atomic E-state index is 11.8. The molecule has 1 aromatic heterocycles. The van der Waals surface area contributed by atoms with Crippen molar-refractivity contribution < 1.29 is 19.1 Å². The Kier molecular flexibility index (Phi) is 2.72. The van der Waals surface area contributed by atoms with Crippen LogP contribution in [-0.2, 0) is 9.47 Å². The fraction of sp³-hybridized carbons (Fsp3) is 0.0714. The van der Waals surface area contributed by atoms with E-state index >= 15 is 0 Å². The smallest absolute Gasteiger partial charge is 0.360 e. The first-order valence-electron chi connectivity index (χ1n) is 5.67. The summed E-state index contributed by atoms with van der Waals surface area (Å²) in [5.41, 5.74) is 1.14. The highest BCUT2D eigenvalue weighted by Gasteiger charge is 2.33. The molecule has 0 saturated carbocycles. The molecule has 0 bridgehead atoms. The molecule has 1 aromatic carbocycles. The minimum absolute atomic E-state index is 0.169. The summed E-state index contributed by atoms with van der Waals surface area (Å²) < 4.78 is 10.2. The van der Waals surface area contributed by atoms with Crippen LogP contribution in [0.5, 0.6) is 0 Å². The van der Waals surface area contributed by atoms with Gasteiger partial charge < -0.3 is 9.47 Å². The Morgan fingerprint density at radius 1 is 1.16 bits per heavy atom. The molecule has 0 amide bonds. The van der Waals surface area contributed by atoms with Crippen molar-refractivity contribution in [3.63, 3.8) is 0 Å². The zero-order valence-corrected chi connectivity index (χ0v) is 9.78. The first-order valence-corrected chi connectivity index (χ1v) is 5.67. The Balaban J connectivity index is 1.83. The van der Waals surface area contributed by atoms with Crippen LogP contribution in [0.1, 0.15) is 32.7 Å². The van der Waals surface area contributed by atoms with Crippen LogP contribution in [0, 0.1) is 0 Å². The first-order chi connectivity index (χ1) is 9.25. The van der Waals surface area contributed by atoms with Crippen LogP contribution >= 0.6 is 0 Å². The van der Waals surface area contributed by atoms with Gasteiger partial charge in [-0.3, -0.25) is 0 Å². The van der Waals surface area contributed by atoms with Gasteiger partial charge in [-0.2, -0.15) is 0 Å². The SMILES string of the molecule is O=C(OC1OC(=O)c2ccccc21)c1ccccn1. The number of hydrogen-bond donors (Lipinski definition) is 0. The van der Waals surface area contributed by atoms with E-state index in [1.807, 2.05) is 0 Å². The van der Waals surface area contributed by atoms with E-state index in [9.17, 15) is 9.59 Å². The molecule has 1 unspecified atom stereocenters. The fourth-order valence-corrected chi connectivity index (χ4v) is 1.84. The molecule has 1 atom stereocenters. The summed E-state index contributed by atoms with van der Waals surface area (Å²) in [6.45, 7) is 0. The van der Waals surface area contributed by atoms with E-state index in [1.54, 1.807) is 36.4 Å². The van der Waals surface area contributed by atoms with Crippen molar-refractivity contribution in [3.05, 3.63) is 65.5 Å². The summed E-state index contributed by atoms with van der Waals surface area (Å²) in [6.07, 6.45) is 0.490. The lowest BCUT2D eigenvalue weighted by atomic mass is 10.1. The van der Waals surface area contributed by atoms with Gasteiger partial charge in [0.2, 0.25) is 0 Å². The molecule has 0 spiro atoms. The van der Waals surface area contributed by atoms with Gasteiger partial charge >= 0.3 is 11.9 Å². The number of cyclic esters (lactones) is 1. The van der Waals surface area contributed by atoms with Crippen molar-refractivity contribution in [3.8, 4) is 0 Å². The van der Waals surface area contributed by atoms with Gasteiger partial charge in [-0.15, -0.1) is 0 Å². The van der Waals surface area contributed by atoms with Gasteiger partial charge in [0.1, 0.15) is 5.69 Å². The molecule has 0 fully saturated rings. The summed E-state index contributed by atoms with van der Waals surface area (Å²) >= 11 is 0. The van der Waals surface area contributed by atoms with Gasteiger partial charge in [-0.05, 0) is 18.2 Å². The van der Waals surface area contributed by atoms with E-state index in [2.05, 4.69) is 4.98 Å². The number of aromatic nitrogens is 1. The number of fused-ring (bicyclic) bond motifs is 1. The molecule has 3 rings (SSSR count). The summed E-state index contributed by atoms with van der Waals surface area (Å²) in [5.74, 6) is -1.12. The summed E-state index contributed by atoms with van der Waals surface area (Å²) in [4.78, 5) is 27.3. The molecular weight excluding hydrogens is 246 g/mol. The standard InChI is InChI=1S/C14H9NO4/c16-12-9-5-1-2-6-10(9)14(18-12)19-13(17)11-7-3-4-8-15-11/h1-8,14H. The number of esters is 2. The van der Waals surface area contributed by atoms with E-state index in [0.717, 1.165) is 0 Å². The third-order valence-corrected chi connectivity index (χ3v) is 2.74. The minimum Gasteiger partial charge on any atom is -0.417 e. The van der Waals surface area contributed by atoms with Gasteiger partial charge in [0.05, 0.1) is 5.56 Å². The van der Waals surface area contributed by atoms with E-state index in [1.165, 1.54) is 12.3 Å². The van der Waals surface area contributed by atoms with Crippen LogP contribution in [0.4, 0.5) is 0 Å². The van der Waals surface area contributed by atoms with Gasteiger partial charge in [-0.25, -0.2) is 14.6 Å². The molecule has 94 valence electrons. The van der Waals surface area contributed by atoms with Crippen molar-refractivity contribution in [1.29, 1.82) is 0 Å².